The maximum absolute atomic E-state index is 14.3. The Bertz CT molecular complexity index is 1150. The average molecular weight is 553 g/mol. The molecule has 3 saturated heterocycles. The molecule has 9 heteroatoms. The summed E-state index contributed by atoms with van der Waals surface area (Å²) in [6.45, 7) is 6.74. The zero-order chi connectivity index (χ0) is 28.5. The van der Waals surface area contributed by atoms with E-state index in [1.165, 1.54) is 0 Å². The van der Waals surface area contributed by atoms with Crippen molar-refractivity contribution in [1.82, 2.24) is 9.80 Å². The minimum absolute atomic E-state index is 0.000697. The summed E-state index contributed by atoms with van der Waals surface area (Å²) in [6.07, 6.45) is 5.49. The number of ether oxygens (including phenoxy) is 3. The molecule has 216 valence electrons. The smallest absolute Gasteiger partial charge is 0.308 e. The van der Waals surface area contributed by atoms with Crippen LogP contribution in [0, 0.1) is 17.3 Å². The van der Waals surface area contributed by atoms with Gasteiger partial charge in [0.2, 0.25) is 11.8 Å². The molecule has 0 radical (unpaired) electrons. The van der Waals surface area contributed by atoms with Crippen molar-refractivity contribution < 1.29 is 33.4 Å². The second kappa shape index (κ2) is 11.3. The number of nitrogens with zero attached hydrogens (tertiary/aromatic N) is 2. The van der Waals surface area contributed by atoms with Gasteiger partial charge in [-0.15, -0.1) is 6.58 Å². The monoisotopic (exact) mass is 552 g/mol. The zero-order valence-corrected chi connectivity index (χ0v) is 23.6. The van der Waals surface area contributed by atoms with E-state index in [0.29, 0.717) is 50.9 Å². The van der Waals surface area contributed by atoms with Crippen LogP contribution in [0.25, 0.3) is 0 Å². The fraction of sp³-hybridized carbons (Fsp3) is 0.613. The fourth-order valence-corrected chi connectivity index (χ4v) is 8.06. The molecule has 0 aromatic heterocycles. The number of benzene rings is 1. The van der Waals surface area contributed by atoms with Crippen molar-refractivity contribution in [3.63, 3.8) is 0 Å². The molecule has 5 atom stereocenters. The molecule has 1 aromatic rings. The number of methoxy groups -OCH3 is 1. The molecule has 40 heavy (non-hydrogen) atoms. The molecule has 1 aromatic carbocycles. The predicted molar refractivity (Wildman–Crippen MR) is 146 cm³/mol. The fourth-order valence-electron chi connectivity index (χ4n) is 8.06. The summed E-state index contributed by atoms with van der Waals surface area (Å²) >= 11 is 0. The molecule has 1 saturated carbocycles. The largest absolute Gasteiger partial charge is 0.497 e. The molecule has 1 aliphatic carbocycles. The maximum atomic E-state index is 14.3. The summed E-state index contributed by atoms with van der Waals surface area (Å²) in [4.78, 5) is 57.5. The van der Waals surface area contributed by atoms with Crippen LogP contribution in [-0.2, 0) is 35.2 Å². The van der Waals surface area contributed by atoms with Crippen LogP contribution in [-0.4, -0.2) is 72.0 Å². The van der Waals surface area contributed by atoms with E-state index in [1.54, 1.807) is 20.1 Å². The number of hydrogen-bond donors (Lipinski definition) is 0. The lowest BCUT2D eigenvalue weighted by molar-refractivity contribution is -0.194. The molecular formula is C31H40N2O7. The number of esters is 2. The Labute approximate surface area is 235 Å². The highest BCUT2D eigenvalue weighted by Crippen LogP contribution is 2.64. The Kier molecular flexibility index (Phi) is 7.93. The van der Waals surface area contributed by atoms with Gasteiger partial charge in [0.25, 0.3) is 0 Å². The highest BCUT2D eigenvalue weighted by Gasteiger charge is 2.74. The topological polar surface area (TPSA) is 102 Å². The molecule has 3 heterocycles. The van der Waals surface area contributed by atoms with Crippen molar-refractivity contribution in [3.8, 4) is 5.75 Å². The van der Waals surface area contributed by atoms with Gasteiger partial charge in [-0.05, 0) is 62.6 Å². The molecular weight excluding hydrogens is 512 g/mol. The van der Waals surface area contributed by atoms with E-state index in [9.17, 15) is 19.2 Å². The normalized spacial score (nSPS) is 30.7. The summed E-state index contributed by atoms with van der Waals surface area (Å²) < 4.78 is 16.5. The molecule has 3 aliphatic heterocycles. The van der Waals surface area contributed by atoms with Gasteiger partial charge in [0.05, 0.1) is 38.3 Å². The summed E-state index contributed by atoms with van der Waals surface area (Å²) in [5.41, 5.74) is -0.654. The van der Waals surface area contributed by atoms with Crippen LogP contribution in [0.4, 0.5) is 0 Å². The van der Waals surface area contributed by atoms with Crippen molar-refractivity contribution in [2.24, 2.45) is 17.3 Å². The highest BCUT2D eigenvalue weighted by atomic mass is 16.5. The molecule has 0 unspecified atom stereocenters. The SMILES string of the molecule is C=CCCCC(=O)N1CC[C@@H]2[C@H]3C[C@]4(CCC(=O)OC4)[C@H]1[C@@]2(CC(=O)OCC)N(Cc1ccc(OC)cc1)C3=O. The molecule has 4 fully saturated rings. The van der Waals surface area contributed by atoms with Gasteiger partial charge in [-0.2, -0.15) is 0 Å². The number of carbonyl (C=O) groups is 4. The molecule has 4 aliphatic rings. The molecule has 5 rings (SSSR count). The number of fused-ring (bicyclic) bond motifs is 1. The molecule has 2 amide bonds. The van der Waals surface area contributed by atoms with E-state index in [0.717, 1.165) is 12.0 Å². The number of likely N-dealkylation sites (tertiary alicyclic amines) is 2. The van der Waals surface area contributed by atoms with E-state index in [4.69, 9.17) is 14.2 Å². The molecule has 0 N–H and O–H groups in total. The summed E-state index contributed by atoms with van der Waals surface area (Å²) in [5, 5.41) is 0. The third-order valence-corrected chi connectivity index (χ3v) is 9.59. The minimum atomic E-state index is -0.956. The summed E-state index contributed by atoms with van der Waals surface area (Å²) in [7, 11) is 1.61. The first kappa shape index (κ1) is 28.2. The van der Waals surface area contributed by atoms with Crippen molar-refractivity contribution in [3.05, 3.63) is 42.5 Å². The number of cyclic esters (lactones) is 1. The number of piperidine rings is 1. The van der Waals surface area contributed by atoms with Gasteiger partial charge in [-0.25, -0.2) is 0 Å². The van der Waals surface area contributed by atoms with Crippen molar-refractivity contribution >= 4 is 23.8 Å². The van der Waals surface area contributed by atoms with Crippen molar-refractivity contribution in [2.75, 3.05) is 26.9 Å². The van der Waals surface area contributed by atoms with E-state index < -0.39 is 17.0 Å². The Morgan fingerprint density at radius 3 is 2.65 bits per heavy atom. The Morgan fingerprint density at radius 1 is 1.23 bits per heavy atom. The number of amides is 2. The summed E-state index contributed by atoms with van der Waals surface area (Å²) in [6, 6.07) is 7.11. The van der Waals surface area contributed by atoms with Crippen LogP contribution in [0.2, 0.25) is 0 Å². The van der Waals surface area contributed by atoms with E-state index in [2.05, 4.69) is 6.58 Å². The summed E-state index contributed by atoms with van der Waals surface area (Å²) in [5.74, 6) is -0.325. The first-order valence-electron chi connectivity index (χ1n) is 14.5. The van der Waals surface area contributed by atoms with Gasteiger partial charge in [0.1, 0.15) is 5.75 Å². The first-order valence-corrected chi connectivity index (χ1v) is 14.5. The van der Waals surface area contributed by atoms with Crippen LogP contribution in [0.15, 0.2) is 36.9 Å². The van der Waals surface area contributed by atoms with Gasteiger partial charge in [0.15, 0.2) is 0 Å². The minimum Gasteiger partial charge on any atom is -0.497 e. The Balaban J connectivity index is 1.63. The van der Waals surface area contributed by atoms with Gasteiger partial charge < -0.3 is 24.0 Å². The third-order valence-electron chi connectivity index (χ3n) is 9.59. The lowest BCUT2D eigenvalue weighted by Crippen LogP contribution is -2.75. The van der Waals surface area contributed by atoms with Gasteiger partial charge in [-0.3, -0.25) is 19.2 Å². The number of allylic oxidation sites excluding steroid dienone is 1. The average Bonchev–Trinajstić information content (AvgIpc) is 3.11. The van der Waals surface area contributed by atoms with Crippen LogP contribution in [0.1, 0.15) is 63.9 Å². The third kappa shape index (κ3) is 4.67. The van der Waals surface area contributed by atoms with Gasteiger partial charge in [0, 0.05) is 37.3 Å². The van der Waals surface area contributed by atoms with Crippen LogP contribution in [0.5, 0.6) is 5.75 Å². The van der Waals surface area contributed by atoms with Gasteiger partial charge >= 0.3 is 11.9 Å². The highest BCUT2D eigenvalue weighted by molar-refractivity contribution is 5.87. The number of hydrogen-bond acceptors (Lipinski definition) is 7. The van der Waals surface area contributed by atoms with E-state index in [1.807, 2.05) is 34.1 Å². The second-order valence-electron chi connectivity index (χ2n) is 11.6. The van der Waals surface area contributed by atoms with E-state index in [-0.39, 0.29) is 61.6 Å². The predicted octanol–water partition coefficient (Wildman–Crippen LogP) is 3.65. The van der Waals surface area contributed by atoms with Gasteiger partial charge in [-0.1, -0.05) is 18.2 Å². The number of unbranched alkanes of at least 4 members (excludes halogenated alkanes) is 1. The van der Waals surface area contributed by atoms with Crippen LogP contribution >= 0.6 is 0 Å². The molecule has 4 bridgehead atoms. The van der Waals surface area contributed by atoms with E-state index >= 15 is 0 Å². The lowest BCUT2D eigenvalue weighted by atomic mass is 9.51. The standard InChI is InChI=1S/C31H40N2O7/c1-4-6-7-8-25(34)32-16-14-24-23-17-30(15-13-26(35)40-20-30)29(32)31(24,18-27(36)39-5-2)33(28(23)37)19-21-9-11-22(38-3)12-10-21/h4,9-12,23-24,29H,1,5-8,13-20H2,2-3H3/t23-,24-,29+,30+,31+/m1/s1. The molecule has 1 spiro atoms. The second-order valence-corrected chi connectivity index (χ2v) is 11.6. The number of rotatable bonds is 10. The van der Waals surface area contributed by atoms with Crippen molar-refractivity contribution in [2.45, 2.75) is 76.4 Å². The first-order chi connectivity index (χ1) is 19.3. The number of carbonyl (C=O) groups excluding carboxylic acids is 4. The molecule has 9 nitrogen and oxygen atoms in total. The van der Waals surface area contributed by atoms with Crippen LogP contribution in [0.3, 0.4) is 0 Å². The Hall–Kier alpha value is -3.36. The van der Waals surface area contributed by atoms with Crippen molar-refractivity contribution in [1.29, 1.82) is 0 Å². The van der Waals surface area contributed by atoms with Crippen LogP contribution < -0.4 is 4.74 Å². The Morgan fingerprint density at radius 2 is 2.00 bits per heavy atom. The quantitative estimate of drug-likeness (QED) is 0.248. The zero-order valence-electron chi connectivity index (χ0n) is 23.6. The maximum Gasteiger partial charge on any atom is 0.308 e. The lowest BCUT2D eigenvalue weighted by Gasteiger charge is -2.64.